The quantitative estimate of drug-likeness (QED) is 0.600. The number of ether oxygens (including phenoxy) is 1. The summed E-state index contributed by atoms with van der Waals surface area (Å²) in [4.78, 5) is 11.9. The van der Waals surface area contributed by atoms with Gasteiger partial charge in [0, 0.05) is 11.1 Å². The number of nitrogens with two attached hydrogens (primary N) is 1. The van der Waals surface area contributed by atoms with Crippen LogP contribution in [0.4, 0.5) is 0 Å². The van der Waals surface area contributed by atoms with Crippen LogP contribution in [-0.2, 0) is 0 Å². The third-order valence-corrected chi connectivity index (χ3v) is 5.29. The van der Waals surface area contributed by atoms with Crippen molar-refractivity contribution < 1.29 is 14.6 Å². The van der Waals surface area contributed by atoms with Crippen molar-refractivity contribution >= 4 is 37.6 Å². The van der Waals surface area contributed by atoms with E-state index in [1.54, 1.807) is 18.2 Å². The van der Waals surface area contributed by atoms with Gasteiger partial charge in [0.15, 0.2) is 11.5 Å². The maximum absolute atomic E-state index is 11.9. The van der Waals surface area contributed by atoms with Crippen LogP contribution in [0.15, 0.2) is 33.2 Å². The predicted octanol–water partition coefficient (Wildman–Crippen LogP) is 5.28. The number of phenols is 1. The Hall–Kier alpha value is -1.37. The van der Waals surface area contributed by atoms with E-state index >= 15 is 0 Å². The summed E-state index contributed by atoms with van der Waals surface area (Å²) in [6.45, 7) is 5.79. The number of halogens is 2. The Labute approximate surface area is 158 Å². The third-order valence-electron chi connectivity index (χ3n) is 3.75. The van der Waals surface area contributed by atoms with Crippen LogP contribution in [-0.4, -0.2) is 17.4 Å². The Bertz CT molecular complexity index is 788. The lowest BCUT2D eigenvalue weighted by molar-refractivity contribution is 0.100. The average molecular weight is 457 g/mol. The van der Waals surface area contributed by atoms with Crippen LogP contribution < -0.4 is 10.5 Å². The highest BCUT2D eigenvalue weighted by Crippen LogP contribution is 2.41. The number of aromatic hydroxyl groups is 1. The Morgan fingerprint density at radius 3 is 2.54 bits per heavy atom. The van der Waals surface area contributed by atoms with Crippen LogP contribution in [0.5, 0.6) is 17.2 Å². The third kappa shape index (κ3) is 3.82. The lowest BCUT2D eigenvalue weighted by atomic mass is 10.0. The summed E-state index contributed by atoms with van der Waals surface area (Å²) >= 11 is 6.95. The van der Waals surface area contributed by atoms with E-state index in [1.807, 2.05) is 26.8 Å². The van der Waals surface area contributed by atoms with Gasteiger partial charge in [-0.15, -0.1) is 0 Å². The van der Waals surface area contributed by atoms with Crippen molar-refractivity contribution in [2.75, 3.05) is 6.54 Å². The molecule has 2 aromatic rings. The van der Waals surface area contributed by atoms with Gasteiger partial charge in [-0.2, -0.15) is 0 Å². The molecule has 24 heavy (non-hydrogen) atoms. The lowest BCUT2D eigenvalue weighted by Gasteiger charge is -2.16. The second-order valence-electron chi connectivity index (χ2n) is 5.78. The first-order valence-corrected chi connectivity index (χ1v) is 9.07. The molecule has 0 unspecified atom stereocenters. The molecule has 0 aliphatic heterocycles. The highest BCUT2D eigenvalue weighted by molar-refractivity contribution is 9.11. The maximum atomic E-state index is 11.9. The largest absolute Gasteiger partial charge is 0.508 e. The van der Waals surface area contributed by atoms with Crippen molar-refractivity contribution in [3.63, 3.8) is 0 Å². The molecule has 0 atom stereocenters. The summed E-state index contributed by atoms with van der Waals surface area (Å²) in [5.41, 5.74) is 7.59. The van der Waals surface area contributed by atoms with Gasteiger partial charge in [0.2, 0.25) is 0 Å². The molecule has 0 radical (unpaired) electrons. The average Bonchev–Trinajstić information content (AvgIpc) is 2.55. The molecule has 0 saturated heterocycles. The molecule has 4 nitrogen and oxygen atoms in total. The summed E-state index contributed by atoms with van der Waals surface area (Å²) in [6, 6.07) is 6.85. The first-order valence-electron chi connectivity index (χ1n) is 7.48. The minimum Gasteiger partial charge on any atom is -0.508 e. The summed E-state index contributed by atoms with van der Waals surface area (Å²) in [5.74, 6) is 1.46. The second kappa shape index (κ2) is 7.68. The highest BCUT2D eigenvalue weighted by Gasteiger charge is 2.18. The van der Waals surface area contributed by atoms with Gasteiger partial charge in [0.05, 0.1) is 15.5 Å². The van der Waals surface area contributed by atoms with E-state index in [9.17, 15) is 9.90 Å². The number of benzene rings is 2. The molecule has 3 N–H and O–H groups in total. The van der Waals surface area contributed by atoms with E-state index in [-0.39, 0.29) is 24.0 Å². The van der Waals surface area contributed by atoms with Crippen molar-refractivity contribution in [3.05, 3.63) is 49.9 Å². The Balaban J connectivity index is 2.46. The summed E-state index contributed by atoms with van der Waals surface area (Å²) in [7, 11) is 0. The molecular weight excluding hydrogens is 438 g/mol. The molecule has 0 saturated carbocycles. The van der Waals surface area contributed by atoms with Gasteiger partial charge in [-0.1, -0.05) is 13.8 Å². The number of rotatable bonds is 5. The van der Waals surface area contributed by atoms with Crippen molar-refractivity contribution in [2.45, 2.75) is 26.7 Å². The molecule has 0 aromatic heterocycles. The minimum atomic E-state index is -0.132. The predicted molar refractivity (Wildman–Crippen MR) is 102 cm³/mol. The molecule has 2 rings (SSSR count). The molecule has 2 aromatic carbocycles. The molecule has 6 heteroatoms. The zero-order valence-electron chi connectivity index (χ0n) is 13.7. The maximum Gasteiger partial charge on any atom is 0.176 e. The van der Waals surface area contributed by atoms with Gasteiger partial charge in [0.25, 0.3) is 0 Å². The van der Waals surface area contributed by atoms with Gasteiger partial charge in [-0.3, -0.25) is 4.79 Å². The normalized spacial score (nSPS) is 11.0. The monoisotopic (exact) mass is 455 g/mol. The Morgan fingerprint density at radius 2 is 1.96 bits per heavy atom. The summed E-state index contributed by atoms with van der Waals surface area (Å²) < 4.78 is 7.32. The van der Waals surface area contributed by atoms with Gasteiger partial charge in [-0.05, 0) is 74.5 Å². The van der Waals surface area contributed by atoms with E-state index in [0.29, 0.717) is 26.0 Å². The van der Waals surface area contributed by atoms with Gasteiger partial charge in [0.1, 0.15) is 11.5 Å². The fraction of sp³-hybridized carbons (Fsp3) is 0.278. The smallest absolute Gasteiger partial charge is 0.176 e. The number of carbonyl (C=O) groups is 1. The Kier molecular flexibility index (Phi) is 6.06. The number of phenolic OH excluding ortho intramolecular Hbond substituents is 1. The first-order chi connectivity index (χ1) is 11.3. The molecule has 0 spiro atoms. The number of hydrogen-bond donors (Lipinski definition) is 2. The standard InChI is InChI=1S/C18H19Br2NO3/c1-9(2)12-6-11(4-5-15(12)22)24-18-14(19)7-13(16(23)8-21)10(3)17(18)20/h4-7,9,22H,8,21H2,1-3H3. The number of Topliss-reactive ketones (excluding diaryl/α,β-unsaturated/α-hetero) is 1. The van der Waals surface area contributed by atoms with Crippen LogP contribution in [0, 0.1) is 6.92 Å². The number of ketones is 1. The van der Waals surface area contributed by atoms with Gasteiger partial charge < -0.3 is 15.6 Å². The lowest BCUT2D eigenvalue weighted by Crippen LogP contribution is -2.15. The molecule has 0 amide bonds. The van der Waals surface area contributed by atoms with E-state index in [4.69, 9.17) is 10.5 Å². The van der Waals surface area contributed by atoms with E-state index < -0.39 is 0 Å². The molecule has 0 aliphatic rings. The van der Waals surface area contributed by atoms with E-state index in [1.165, 1.54) is 0 Å². The SMILES string of the molecule is Cc1c(C(=O)CN)cc(Br)c(Oc2ccc(O)c(C(C)C)c2)c1Br. The minimum absolute atomic E-state index is 0.0460. The van der Waals surface area contributed by atoms with Crippen LogP contribution in [0.2, 0.25) is 0 Å². The fourth-order valence-corrected chi connectivity index (χ4v) is 3.65. The topological polar surface area (TPSA) is 72.6 Å². The zero-order valence-corrected chi connectivity index (χ0v) is 16.9. The van der Waals surface area contributed by atoms with Crippen LogP contribution >= 0.6 is 31.9 Å². The van der Waals surface area contributed by atoms with Crippen molar-refractivity contribution in [2.24, 2.45) is 5.73 Å². The summed E-state index contributed by atoms with van der Waals surface area (Å²) in [6.07, 6.45) is 0. The highest BCUT2D eigenvalue weighted by atomic mass is 79.9. The zero-order chi connectivity index (χ0) is 18.0. The van der Waals surface area contributed by atoms with Crippen LogP contribution in [0.25, 0.3) is 0 Å². The molecule has 128 valence electrons. The Morgan fingerprint density at radius 1 is 1.29 bits per heavy atom. The second-order valence-corrected chi connectivity index (χ2v) is 7.43. The number of carbonyl (C=O) groups excluding carboxylic acids is 1. The van der Waals surface area contributed by atoms with Crippen LogP contribution in [0.3, 0.4) is 0 Å². The van der Waals surface area contributed by atoms with Gasteiger partial charge >= 0.3 is 0 Å². The molecule has 0 heterocycles. The first kappa shape index (κ1) is 19.0. The fourth-order valence-electron chi connectivity index (χ4n) is 2.36. The van der Waals surface area contributed by atoms with Crippen molar-refractivity contribution in [1.82, 2.24) is 0 Å². The van der Waals surface area contributed by atoms with Crippen molar-refractivity contribution in [3.8, 4) is 17.2 Å². The molecule has 0 bridgehead atoms. The number of hydrogen-bond acceptors (Lipinski definition) is 4. The van der Waals surface area contributed by atoms with Gasteiger partial charge in [-0.25, -0.2) is 0 Å². The van der Waals surface area contributed by atoms with Crippen molar-refractivity contribution in [1.29, 1.82) is 0 Å². The molecule has 0 aliphatic carbocycles. The summed E-state index contributed by atoms with van der Waals surface area (Å²) in [5, 5.41) is 9.93. The molecular formula is C18H19Br2NO3. The van der Waals surface area contributed by atoms with E-state index in [0.717, 1.165) is 11.1 Å². The van der Waals surface area contributed by atoms with Crippen LogP contribution in [0.1, 0.15) is 41.3 Å². The molecule has 0 fully saturated rings. The van der Waals surface area contributed by atoms with E-state index in [2.05, 4.69) is 31.9 Å².